The van der Waals surface area contributed by atoms with Crippen LogP contribution in [0.4, 0.5) is 0 Å². The van der Waals surface area contributed by atoms with Crippen molar-refractivity contribution in [2.24, 2.45) is 0 Å². The predicted molar refractivity (Wildman–Crippen MR) is 110 cm³/mol. The number of hydrogen-bond acceptors (Lipinski definition) is 4. The zero-order valence-electron chi connectivity index (χ0n) is 16.7. The molecule has 0 aliphatic carbocycles. The molecule has 0 unspecified atom stereocenters. The number of ether oxygens (including phenoxy) is 1. The van der Waals surface area contributed by atoms with Crippen molar-refractivity contribution in [1.82, 2.24) is 20.1 Å². The molecule has 1 aromatic heterocycles. The van der Waals surface area contributed by atoms with Gasteiger partial charge in [0.1, 0.15) is 11.6 Å². The Morgan fingerprint density at radius 3 is 2.85 bits per heavy atom. The molecule has 0 bridgehead atoms. The summed E-state index contributed by atoms with van der Waals surface area (Å²) in [6.45, 7) is 9.41. The molecule has 2 aromatic rings. The standard InChI is InChI=1S/C20H30N4O2S/c1-14(2)24-18(22-23-20(24)27)10-11-21-19(25)7-5-6-12-26-17-13-15(3)8-9-16(17)4/h8-9,13-14H,5-7,10-12H2,1-4H3,(H,21,25)(H,23,27). The smallest absolute Gasteiger partial charge is 0.220 e. The van der Waals surface area contributed by atoms with Gasteiger partial charge in [0, 0.05) is 25.4 Å². The van der Waals surface area contributed by atoms with Crippen molar-refractivity contribution in [2.75, 3.05) is 13.2 Å². The van der Waals surface area contributed by atoms with E-state index in [2.05, 4.69) is 54.5 Å². The Balaban J connectivity index is 1.63. The number of carbonyl (C=O) groups is 1. The van der Waals surface area contributed by atoms with Crippen molar-refractivity contribution < 1.29 is 9.53 Å². The van der Waals surface area contributed by atoms with Gasteiger partial charge in [-0.2, -0.15) is 5.10 Å². The van der Waals surface area contributed by atoms with Gasteiger partial charge in [-0.05, 0) is 69.9 Å². The molecular weight excluding hydrogens is 360 g/mol. The van der Waals surface area contributed by atoms with Crippen molar-refractivity contribution in [3.8, 4) is 5.75 Å². The van der Waals surface area contributed by atoms with E-state index in [0.29, 0.717) is 30.8 Å². The Morgan fingerprint density at radius 1 is 1.33 bits per heavy atom. The number of carbonyl (C=O) groups excluding carboxylic acids is 1. The van der Waals surface area contributed by atoms with Gasteiger partial charge in [0.05, 0.1) is 6.61 Å². The molecule has 0 saturated carbocycles. The average molecular weight is 391 g/mol. The monoisotopic (exact) mass is 390 g/mol. The summed E-state index contributed by atoms with van der Waals surface area (Å²) in [6.07, 6.45) is 2.83. The van der Waals surface area contributed by atoms with Crippen LogP contribution >= 0.6 is 12.2 Å². The number of aromatic amines is 1. The Bertz CT molecular complexity index is 811. The molecule has 2 rings (SSSR count). The largest absolute Gasteiger partial charge is 0.493 e. The SMILES string of the molecule is Cc1ccc(C)c(OCCCCC(=O)NCCc2n[nH]c(=S)n2C(C)C)c1. The Hall–Kier alpha value is -2.15. The van der Waals surface area contributed by atoms with Crippen molar-refractivity contribution in [2.45, 2.75) is 59.4 Å². The number of rotatable bonds is 10. The normalized spacial score (nSPS) is 11.0. The fourth-order valence-electron chi connectivity index (χ4n) is 2.88. The van der Waals surface area contributed by atoms with Crippen molar-refractivity contribution in [3.63, 3.8) is 0 Å². The molecule has 0 spiro atoms. The van der Waals surface area contributed by atoms with E-state index in [1.807, 2.05) is 11.5 Å². The van der Waals surface area contributed by atoms with E-state index in [1.165, 1.54) is 5.56 Å². The van der Waals surface area contributed by atoms with Gasteiger partial charge < -0.3 is 14.6 Å². The molecule has 0 aliphatic heterocycles. The van der Waals surface area contributed by atoms with Gasteiger partial charge in [-0.3, -0.25) is 9.89 Å². The molecule has 0 fully saturated rings. The minimum atomic E-state index is 0.0620. The van der Waals surface area contributed by atoms with E-state index in [0.717, 1.165) is 30.0 Å². The lowest BCUT2D eigenvalue weighted by Gasteiger charge is -2.11. The van der Waals surface area contributed by atoms with Crippen LogP contribution in [0.15, 0.2) is 18.2 Å². The van der Waals surface area contributed by atoms with Gasteiger partial charge in [0.15, 0.2) is 4.77 Å². The molecule has 27 heavy (non-hydrogen) atoms. The van der Waals surface area contributed by atoms with Gasteiger partial charge in [-0.25, -0.2) is 0 Å². The first-order valence-corrected chi connectivity index (χ1v) is 9.92. The van der Waals surface area contributed by atoms with Crippen LogP contribution in [0.3, 0.4) is 0 Å². The maximum absolute atomic E-state index is 12.0. The zero-order valence-corrected chi connectivity index (χ0v) is 17.5. The number of hydrogen-bond donors (Lipinski definition) is 2. The van der Waals surface area contributed by atoms with Crippen LogP contribution in [-0.4, -0.2) is 33.8 Å². The number of amides is 1. The van der Waals surface area contributed by atoms with Crippen LogP contribution in [0, 0.1) is 18.6 Å². The van der Waals surface area contributed by atoms with Gasteiger partial charge in [0.2, 0.25) is 5.91 Å². The molecule has 0 radical (unpaired) electrons. The maximum Gasteiger partial charge on any atom is 0.220 e. The summed E-state index contributed by atoms with van der Waals surface area (Å²) < 4.78 is 8.42. The number of aromatic nitrogens is 3. The zero-order chi connectivity index (χ0) is 19.8. The second-order valence-electron chi connectivity index (χ2n) is 7.08. The predicted octanol–water partition coefficient (Wildman–Crippen LogP) is 4.05. The molecule has 1 amide bonds. The van der Waals surface area contributed by atoms with Crippen molar-refractivity contribution in [3.05, 3.63) is 39.9 Å². The number of benzene rings is 1. The molecule has 6 nitrogen and oxygen atoms in total. The Morgan fingerprint density at radius 2 is 2.11 bits per heavy atom. The van der Waals surface area contributed by atoms with E-state index in [9.17, 15) is 4.79 Å². The van der Waals surface area contributed by atoms with E-state index in [-0.39, 0.29) is 11.9 Å². The fraction of sp³-hybridized carbons (Fsp3) is 0.550. The number of H-pyrrole nitrogens is 1. The molecule has 2 N–H and O–H groups in total. The highest BCUT2D eigenvalue weighted by atomic mass is 32.1. The lowest BCUT2D eigenvalue weighted by Crippen LogP contribution is -2.26. The van der Waals surface area contributed by atoms with Crippen LogP contribution in [0.5, 0.6) is 5.75 Å². The lowest BCUT2D eigenvalue weighted by molar-refractivity contribution is -0.121. The molecule has 1 aromatic carbocycles. The number of nitrogens with one attached hydrogen (secondary N) is 2. The Kier molecular flexibility index (Phi) is 8.03. The maximum atomic E-state index is 12.0. The minimum Gasteiger partial charge on any atom is -0.493 e. The number of nitrogens with zero attached hydrogens (tertiary/aromatic N) is 2. The van der Waals surface area contributed by atoms with Crippen LogP contribution < -0.4 is 10.1 Å². The summed E-state index contributed by atoms with van der Waals surface area (Å²) >= 11 is 5.23. The third kappa shape index (κ3) is 6.50. The van der Waals surface area contributed by atoms with Gasteiger partial charge in [-0.15, -0.1) is 0 Å². The highest BCUT2D eigenvalue weighted by Gasteiger charge is 2.09. The fourth-order valence-corrected chi connectivity index (χ4v) is 3.24. The summed E-state index contributed by atoms with van der Waals surface area (Å²) in [7, 11) is 0. The van der Waals surface area contributed by atoms with Gasteiger partial charge in [0.25, 0.3) is 0 Å². The second kappa shape index (κ2) is 10.3. The lowest BCUT2D eigenvalue weighted by atomic mass is 10.1. The van der Waals surface area contributed by atoms with E-state index >= 15 is 0 Å². The summed E-state index contributed by atoms with van der Waals surface area (Å²) in [5.41, 5.74) is 2.33. The summed E-state index contributed by atoms with van der Waals surface area (Å²) in [5, 5.41) is 10.0. The first kappa shape index (κ1) is 21.2. The first-order chi connectivity index (χ1) is 12.9. The molecule has 0 saturated heterocycles. The summed E-state index contributed by atoms with van der Waals surface area (Å²) in [5.74, 6) is 1.86. The quantitative estimate of drug-likeness (QED) is 0.474. The third-order valence-corrected chi connectivity index (χ3v) is 4.65. The minimum absolute atomic E-state index is 0.0620. The summed E-state index contributed by atoms with van der Waals surface area (Å²) in [4.78, 5) is 12.0. The summed E-state index contributed by atoms with van der Waals surface area (Å²) in [6, 6.07) is 6.44. The van der Waals surface area contributed by atoms with Gasteiger partial charge in [-0.1, -0.05) is 12.1 Å². The topological polar surface area (TPSA) is 71.9 Å². The molecule has 1 heterocycles. The molecule has 0 atom stereocenters. The molecule has 148 valence electrons. The van der Waals surface area contributed by atoms with E-state index in [4.69, 9.17) is 17.0 Å². The molecular formula is C20H30N4O2S. The third-order valence-electron chi connectivity index (χ3n) is 4.36. The highest BCUT2D eigenvalue weighted by molar-refractivity contribution is 7.71. The van der Waals surface area contributed by atoms with E-state index in [1.54, 1.807) is 0 Å². The van der Waals surface area contributed by atoms with Crippen LogP contribution in [-0.2, 0) is 11.2 Å². The Labute approximate surface area is 166 Å². The number of unbranched alkanes of at least 4 members (excludes halogenated alkanes) is 1. The molecule has 0 aliphatic rings. The highest BCUT2D eigenvalue weighted by Crippen LogP contribution is 2.19. The van der Waals surface area contributed by atoms with Crippen molar-refractivity contribution >= 4 is 18.1 Å². The van der Waals surface area contributed by atoms with Crippen LogP contribution in [0.2, 0.25) is 0 Å². The number of aryl methyl sites for hydroxylation is 2. The second-order valence-corrected chi connectivity index (χ2v) is 7.47. The van der Waals surface area contributed by atoms with Crippen LogP contribution in [0.1, 0.15) is 56.1 Å². The van der Waals surface area contributed by atoms with Crippen LogP contribution in [0.25, 0.3) is 0 Å². The van der Waals surface area contributed by atoms with Gasteiger partial charge >= 0.3 is 0 Å². The first-order valence-electron chi connectivity index (χ1n) is 9.51. The average Bonchev–Trinajstić information content (AvgIpc) is 2.98. The van der Waals surface area contributed by atoms with E-state index < -0.39 is 0 Å². The molecule has 7 heteroatoms. The van der Waals surface area contributed by atoms with Crippen molar-refractivity contribution in [1.29, 1.82) is 0 Å².